The summed E-state index contributed by atoms with van der Waals surface area (Å²) in [4.78, 5) is 34.5. The van der Waals surface area contributed by atoms with Crippen LogP contribution in [0.1, 0.15) is 72.6 Å². The van der Waals surface area contributed by atoms with Crippen molar-refractivity contribution in [3.8, 4) is 0 Å². The van der Waals surface area contributed by atoms with Crippen molar-refractivity contribution in [2.75, 3.05) is 5.32 Å². The Bertz CT molecular complexity index is 986. The fraction of sp³-hybridized carbons (Fsp3) is 0.500. The number of hydrogen-bond donors (Lipinski definition) is 2. The van der Waals surface area contributed by atoms with E-state index in [1.54, 1.807) is 17.0 Å². The predicted molar refractivity (Wildman–Crippen MR) is 101 cm³/mol. The predicted octanol–water partition coefficient (Wildman–Crippen LogP) is 2.93. The molecule has 1 aliphatic heterocycles. The van der Waals surface area contributed by atoms with E-state index in [-0.39, 0.29) is 11.5 Å². The summed E-state index contributed by atoms with van der Waals surface area (Å²) in [5, 5.41) is 6.29. The Morgan fingerprint density at radius 3 is 2.67 bits per heavy atom. The molecular weight excluding hydrogens is 342 g/mol. The SMILES string of the molecule is Cc1cc(Nc2cc(C3CC3)ncn2)c(=O)n2c1C(=O)NC21CCCCC1. The van der Waals surface area contributed by atoms with E-state index < -0.39 is 5.66 Å². The summed E-state index contributed by atoms with van der Waals surface area (Å²) in [6.45, 7) is 1.88. The first-order valence-corrected chi connectivity index (χ1v) is 9.76. The van der Waals surface area contributed by atoms with E-state index in [2.05, 4.69) is 20.6 Å². The Labute approximate surface area is 157 Å². The molecule has 1 spiro atoms. The van der Waals surface area contributed by atoms with Crippen molar-refractivity contribution in [3.05, 3.63) is 45.8 Å². The lowest BCUT2D eigenvalue weighted by molar-refractivity contribution is 0.0876. The van der Waals surface area contributed by atoms with Gasteiger partial charge in [-0.2, -0.15) is 0 Å². The summed E-state index contributed by atoms with van der Waals surface area (Å²) in [6.07, 6.45) is 8.63. The molecule has 2 aromatic heterocycles. The highest BCUT2D eigenvalue weighted by molar-refractivity contribution is 5.97. The molecular formula is C20H23N5O2. The van der Waals surface area contributed by atoms with E-state index in [1.165, 1.54) is 0 Å². The molecule has 5 rings (SSSR count). The zero-order chi connectivity index (χ0) is 18.6. The zero-order valence-corrected chi connectivity index (χ0v) is 15.4. The fourth-order valence-corrected chi connectivity index (χ4v) is 4.52. The van der Waals surface area contributed by atoms with Gasteiger partial charge in [-0.3, -0.25) is 14.2 Å². The lowest BCUT2D eigenvalue weighted by Gasteiger charge is -2.35. The Morgan fingerprint density at radius 1 is 1.15 bits per heavy atom. The number of pyridine rings is 1. The average molecular weight is 365 g/mol. The smallest absolute Gasteiger partial charge is 0.276 e. The van der Waals surface area contributed by atoms with Crippen LogP contribution in [0.15, 0.2) is 23.3 Å². The van der Waals surface area contributed by atoms with Gasteiger partial charge in [-0.1, -0.05) is 6.42 Å². The molecule has 2 fully saturated rings. The van der Waals surface area contributed by atoms with Crippen LogP contribution in [0.4, 0.5) is 11.5 Å². The molecule has 0 aromatic carbocycles. The van der Waals surface area contributed by atoms with Crippen LogP contribution in [-0.2, 0) is 5.66 Å². The first-order valence-electron chi connectivity index (χ1n) is 9.76. The van der Waals surface area contributed by atoms with Crippen LogP contribution in [-0.4, -0.2) is 20.4 Å². The Balaban J connectivity index is 1.58. The highest BCUT2D eigenvalue weighted by atomic mass is 16.2. The topological polar surface area (TPSA) is 88.9 Å². The fourth-order valence-electron chi connectivity index (χ4n) is 4.52. The summed E-state index contributed by atoms with van der Waals surface area (Å²) >= 11 is 0. The van der Waals surface area contributed by atoms with Crippen molar-refractivity contribution in [2.45, 2.75) is 63.5 Å². The number of carbonyl (C=O) groups excluding carboxylic acids is 1. The molecule has 1 amide bonds. The molecule has 7 nitrogen and oxygen atoms in total. The highest BCUT2D eigenvalue weighted by Crippen LogP contribution is 2.40. The quantitative estimate of drug-likeness (QED) is 0.873. The van der Waals surface area contributed by atoms with Gasteiger partial charge in [-0.05, 0) is 57.1 Å². The minimum absolute atomic E-state index is 0.142. The van der Waals surface area contributed by atoms with Gasteiger partial charge in [0.15, 0.2) is 0 Å². The molecule has 0 radical (unpaired) electrons. The number of nitrogens with one attached hydrogen (secondary N) is 2. The van der Waals surface area contributed by atoms with Gasteiger partial charge in [0.1, 0.15) is 29.2 Å². The molecule has 3 heterocycles. The zero-order valence-electron chi connectivity index (χ0n) is 15.4. The molecule has 2 aromatic rings. The third-order valence-electron chi connectivity index (χ3n) is 6.01. The Kier molecular flexibility index (Phi) is 3.60. The lowest BCUT2D eigenvalue weighted by atomic mass is 9.89. The molecule has 0 bridgehead atoms. The van der Waals surface area contributed by atoms with Crippen LogP contribution >= 0.6 is 0 Å². The number of hydrogen-bond acceptors (Lipinski definition) is 5. The van der Waals surface area contributed by atoms with Crippen molar-refractivity contribution >= 4 is 17.4 Å². The molecule has 140 valence electrons. The van der Waals surface area contributed by atoms with Gasteiger partial charge in [0.05, 0.1) is 0 Å². The van der Waals surface area contributed by atoms with Crippen LogP contribution in [0.5, 0.6) is 0 Å². The third-order valence-corrected chi connectivity index (χ3v) is 6.01. The minimum Gasteiger partial charge on any atom is -0.336 e. The molecule has 7 heteroatoms. The number of amides is 1. The van der Waals surface area contributed by atoms with E-state index in [9.17, 15) is 9.59 Å². The number of anilines is 2. The summed E-state index contributed by atoms with van der Waals surface area (Å²) in [5.74, 6) is 0.999. The van der Waals surface area contributed by atoms with Gasteiger partial charge in [0.25, 0.3) is 11.5 Å². The Hall–Kier alpha value is -2.70. The van der Waals surface area contributed by atoms with Crippen LogP contribution < -0.4 is 16.2 Å². The van der Waals surface area contributed by atoms with Crippen molar-refractivity contribution in [3.63, 3.8) is 0 Å². The number of nitrogens with zero attached hydrogens (tertiary/aromatic N) is 3. The summed E-state index contributed by atoms with van der Waals surface area (Å²) in [5.41, 5.74) is 2.03. The average Bonchev–Trinajstić information content (AvgIpc) is 3.46. The van der Waals surface area contributed by atoms with Crippen LogP contribution in [0, 0.1) is 6.92 Å². The second-order valence-corrected chi connectivity index (χ2v) is 8.00. The first kappa shape index (κ1) is 16.5. The van der Waals surface area contributed by atoms with Gasteiger partial charge in [-0.25, -0.2) is 9.97 Å². The van der Waals surface area contributed by atoms with Crippen LogP contribution in [0.3, 0.4) is 0 Å². The number of carbonyl (C=O) groups is 1. The van der Waals surface area contributed by atoms with Crippen molar-refractivity contribution in [1.82, 2.24) is 19.9 Å². The van der Waals surface area contributed by atoms with Crippen LogP contribution in [0.2, 0.25) is 0 Å². The van der Waals surface area contributed by atoms with E-state index in [0.717, 1.165) is 56.2 Å². The van der Waals surface area contributed by atoms with Crippen LogP contribution in [0.25, 0.3) is 0 Å². The highest BCUT2D eigenvalue weighted by Gasteiger charge is 2.45. The summed E-state index contributed by atoms with van der Waals surface area (Å²) in [7, 11) is 0. The van der Waals surface area contributed by atoms with Gasteiger partial charge in [-0.15, -0.1) is 0 Å². The maximum absolute atomic E-state index is 13.3. The normalized spacial score (nSPS) is 20.4. The van der Waals surface area contributed by atoms with Gasteiger partial charge >= 0.3 is 0 Å². The number of fused-ring (bicyclic) bond motifs is 2. The Morgan fingerprint density at radius 2 is 1.93 bits per heavy atom. The van der Waals surface area contributed by atoms with Crippen molar-refractivity contribution in [2.24, 2.45) is 0 Å². The maximum atomic E-state index is 13.3. The lowest BCUT2D eigenvalue weighted by Crippen LogP contribution is -2.48. The monoisotopic (exact) mass is 365 g/mol. The van der Waals surface area contributed by atoms with E-state index in [0.29, 0.717) is 23.1 Å². The molecule has 0 atom stereocenters. The number of rotatable bonds is 3. The van der Waals surface area contributed by atoms with E-state index in [4.69, 9.17) is 0 Å². The third kappa shape index (κ3) is 2.64. The van der Waals surface area contributed by atoms with Crippen molar-refractivity contribution in [1.29, 1.82) is 0 Å². The summed E-state index contributed by atoms with van der Waals surface area (Å²) < 4.78 is 1.70. The summed E-state index contributed by atoms with van der Waals surface area (Å²) in [6, 6.07) is 3.68. The van der Waals surface area contributed by atoms with Gasteiger partial charge in [0.2, 0.25) is 0 Å². The minimum atomic E-state index is -0.574. The molecule has 0 unspecified atom stereocenters. The second-order valence-electron chi connectivity index (χ2n) is 8.00. The molecule has 2 N–H and O–H groups in total. The molecule has 0 saturated heterocycles. The number of aryl methyl sites for hydroxylation is 1. The molecule has 3 aliphatic rings. The molecule has 27 heavy (non-hydrogen) atoms. The van der Waals surface area contributed by atoms with E-state index in [1.807, 2.05) is 13.0 Å². The van der Waals surface area contributed by atoms with E-state index >= 15 is 0 Å². The standard InChI is InChI=1S/C20H23N5O2/c1-12-9-15(23-16-10-14(13-5-6-13)21-11-22-16)19(27)25-17(12)18(26)24-20(25)7-3-2-4-8-20/h9-11,13H,2-8H2,1H3,(H,24,26)(H,21,22,23). The maximum Gasteiger partial charge on any atom is 0.276 e. The second kappa shape index (κ2) is 5.90. The largest absolute Gasteiger partial charge is 0.336 e. The molecule has 2 saturated carbocycles. The van der Waals surface area contributed by atoms with Gasteiger partial charge in [0, 0.05) is 17.7 Å². The van der Waals surface area contributed by atoms with Crippen molar-refractivity contribution < 1.29 is 4.79 Å². The number of aromatic nitrogens is 3. The molecule has 2 aliphatic carbocycles. The first-order chi connectivity index (χ1) is 13.1. The van der Waals surface area contributed by atoms with Gasteiger partial charge < -0.3 is 10.6 Å².